The van der Waals surface area contributed by atoms with Crippen molar-refractivity contribution in [3.05, 3.63) is 24.3 Å². The third-order valence-electron chi connectivity index (χ3n) is 1.78. The molecule has 0 aliphatic carbocycles. The molecule has 0 N–H and O–H groups in total. The fraction of sp³-hybridized carbons (Fsp3) is 0.600. The van der Waals surface area contributed by atoms with Gasteiger partial charge in [0.15, 0.2) is 0 Å². The van der Waals surface area contributed by atoms with Crippen molar-refractivity contribution in [3.63, 3.8) is 0 Å². The minimum absolute atomic E-state index is 0.650. The van der Waals surface area contributed by atoms with Crippen LogP contribution in [0.15, 0.2) is 24.3 Å². The second-order valence-corrected chi connectivity index (χ2v) is 3.11. The summed E-state index contributed by atoms with van der Waals surface area (Å²) in [7, 11) is 0. The van der Waals surface area contributed by atoms with Crippen LogP contribution in [0.5, 0.6) is 0 Å². The lowest BCUT2D eigenvalue weighted by molar-refractivity contribution is 0.588. The van der Waals surface area contributed by atoms with Crippen molar-refractivity contribution in [3.8, 4) is 0 Å². The van der Waals surface area contributed by atoms with E-state index in [9.17, 15) is 0 Å². The predicted octanol–water partition coefficient (Wildman–Crippen LogP) is 3.55. The number of hydrogen-bond acceptors (Lipinski definition) is 0. The van der Waals surface area contributed by atoms with Crippen molar-refractivity contribution in [1.29, 1.82) is 0 Å². The number of rotatable bonds is 4. The molecule has 10 heavy (non-hydrogen) atoms. The summed E-state index contributed by atoms with van der Waals surface area (Å²) < 4.78 is 0. The second kappa shape index (κ2) is 4.32. The summed E-state index contributed by atoms with van der Waals surface area (Å²) in [6.07, 6.45) is 2.29. The number of hydrogen-bond donors (Lipinski definition) is 0. The Balaban J connectivity index is 3.83. The molecule has 0 saturated carbocycles. The molecule has 1 unspecified atom stereocenters. The second-order valence-electron chi connectivity index (χ2n) is 3.11. The van der Waals surface area contributed by atoms with Crippen molar-refractivity contribution in [2.24, 2.45) is 5.92 Å². The van der Waals surface area contributed by atoms with E-state index in [1.54, 1.807) is 0 Å². The van der Waals surface area contributed by atoms with Crippen LogP contribution < -0.4 is 0 Å². The van der Waals surface area contributed by atoms with Gasteiger partial charge in [-0.2, -0.15) is 0 Å². The average Bonchev–Trinajstić information content (AvgIpc) is 1.81. The van der Waals surface area contributed by atoms with Crippen LogP contribution in [0.2, 0.25) is 0 Å². The Kier molecular flexibility index (Phi) is 4.10. The lowest BCUT2D eigenvalue weighted by atomic mass is 9.92. The van der Waals surface area contributed by atoms with Crippen molar-refractivity contribution in [2.45, 2.75) is 33.6 Å². The molecule has 0 aliphatic rings. The third kappa shape index (κ3) is 3.49. The molecule has 0 aliphatic heterocycles. The van der Waals surface area contributed by atoms with Gasteiger partial charge in [-0.25, -0.2) is 0 Å². The summed E-state index contributed by atoms with van der Waals surface area (Å²) >= 11 is 0. The normalized spacial score (nSPS) is 12.7. The van der Waals surface area contributed by atoms with Gasteiger partial charge in [0.2, 0.25) is 0 Å². The minimum Gasteiger partial charge on any atom is -0.100 e. The molecule has 0 aromatic carbocycles. The highest BCUT2D eigenvalue weighted by atomic mass is 14.1. The fourth-order valence-electron chi connectivity index (χ4n) is 1.09. The fourth-order valence-corrected chi connectivity index (χ4v) is 1.09. The lowest BCUT2D eigenvalue weighted by Crippen LogP contribution is -1.99. The summed E-state index contributed by atoms with van der Waals surface area (Å²) in [5.41, 5.74) is 2.54. The van der Waals surface area contributed by atoms with Crippen LogP contribution in [-0.4, -0.2) is 0 Å². The quantitative estimate of drug-likeness (QED) is 0.521. The van der Waals surface area contributed by atoms with E-state index >= 15 is 0 Å². The van der Waals surface area contributed by atoms with E-state index in [1.165, 1.54) is 17.6 Å². The van der Waals surface area contributed by atoms with E-state index in [2.05, 4.69) is 33.9 Å². The molecule has 0 amide bonds. The van der Waals surface area contributed by atoms with Crippen LogP contribution in [0.3, 0.4) is 0 Å². The highest BCUT2D eigenvalue weighted by Gasteiger charge is 2.05. The first-order valence-corrected chi connectivity index (χ1v) is 3.87. The minimum atomic E-state index is 0.650. The van der Waals surface area contributed by atoms with Gasteiger partial charge in [0.25, 0.3) is 0 Å². The molecule has 0 aromatic rings. The van der Waals surface area contributed by atoms with E-state index in [0.29, 0.717) is 5.92 Å². The van der Waals surface area contributed by atoms with Gasteiger partial charge < -0.3 is 0 Å². The van der Waals surface area contributed by atoms with E-state index < -0.39 is 0 Å². The zero-order valence-corrected chi connectivity index (χ0v) is 7.41. The molecule has 0 heteroatoms. The highest BCUT2D eigenvalue weighted by molar-refractivity contribution is 5.02. The Hall–Kier alpha value is -0.520. The molecule has 58 valence electrons. The maximum absolute atomic E-state index is 3.94. The maximum atomic E-state index is 3.94. The zero-order valence-electron chi connectivity index (χ0n) is 7.41. The Morgan fingerprint density at radius 1 is 1.30 bits per heavy atom. The van der Waals surface area contributed by atoms with Crippen LogP contribution in [0.4, 0.5) is 0 Å². The highest BCUT2D eigenvalue weighted by Crippen LogP contribution is 2.20. The summed E-state index contributed by atoms with van der Waals surface area (Å²) in [6.45, 7) is 14.2. The molecule has 0 saturated heterocycles. The summed E-state index contributed by atoms with van der Waals surface area (Å²) in [5.74, 6) is 0.650. The SMILES string of the molecule is C=C(C)CC(CC)C(=C)C. The van der Waals surface area contributed by atoms with Crippen molar-refractivity contribution in [1.82, 2.24) is 0 Å². The topological polar surface area (TPSA) is 0 Å². The third-order valence-corrected chi connectivity index (χ3v) is 1.78. The zero-order chi connectivity index (χ0) is 8.15. The Morgan fingerprint density at radius 2 is 1.80 bits per heavy atom. The monoisotopic (exact) mass is 138 g/mol. The maximum Gasteiger partial charge on any atom is -0.0174 e. The molecular formula is C10H18. The number of allylic oxidation sites excluding steroid dienone is 2. The van der Waals surface area contributed by atoms with Gasteiger partial charge in [-0.15, -0.1) is 6.58 Å². The van der Waals surface area contributed by atoms with Crippen LogP contribution in [0.25, 0.3) is 0 Å². The van der Waals surface area contributed by atoms with Crippen LogP contribution in [0.1, 0.15) is 33.6 Å². The summed E-state index contributed by atoms with van der Waals surface area (Å²) in [5, 5.41) is 0. The largest absolute Gasteiger partial charge is 0.100 e. The van der Waals surface area contributed by atoms with Gasteiger partial charge >= 0.3 is 0 Å². The van der Waals surface area contributed by atoms with Gasteiger partial charge in [-0.3, -0.25) is 0 Å². The molecule has 0 heterocycles. The van der Waals surface area contributed by atoms with Crippen LogP contribution in [0, 0.1) is 5.92 Å². The van der Waals surface area contributed by atoms with Gasteiger partial charge in [-0.05, 0) is 32.6 Å². The molecule has 0 aromatic heterocycles. The average molecular weight is 138 g/mol. The predicted molar refractivity (Wildman–Crippen MR) is 48.0 cm³/mol. The van der Waals surface area contributed by atoms with Gasteiger partial charge in [-0.1, -0.05) is 24.6 Å². The molecule has 0 fully saturated rings. The van der Waals surface area contributed by atoms with E-state index in [0.717, 1.165) is 6.42 Å². The first-order chi connectivity index (χ1) is 4.57. The molecule has 1 atom stereocenters. The molecule has 0 rings (SSSR count). The smallest absolute Gasteiger partial charge is 0.0174 e. The Labute approximate surface area is 64.6 Å². The van der Waals surface area contributed by atoms with Crippen molar-refractivity contribution < 1.29 is 0 Å². The molecular weight excluding hydrogens is 120 g/mol. The van der Waals surface area contributed by atoms with Gasteiger partial charge in [0.1, 0.15) is 0 Å². The molecule has 0 radical (unpaired) electrons. The standard InChI is InChI=1S/C10H18/c1-6-10(9(4)5)7-8(2)3/h10H,2,4,6-7H2,1,3,5H3. The van der Waals surface area contributed by atoms with E-state index in [1.807, 2.05) is 0 Å². The first kappa shape index (κ1) is 9.48. The lowest BCUT2D eigenvalue weighted by Gasteiger charge is -2.13. The Bertz CT molecular complexity index is 131. The molecule has 0 spiro atoms. The van der Waals surface area contributed by atoms with E-state index in [4.69, 9.17) is 0 Å². The summed E-state index contributed by atoms with van der Waals surface area (Å²) in [4.78, 5) is 0. The van der Waals surface area contributed by atoms with Crippen molar-refractivity contribution in [2.75, 3.05) is 0 Å². The van der Waals surface area contributed by atoms with Gasteiger partial charge in [0.05, 0.1) is 0 Å². The first-order valence-electron chi connectivity index (χ1n) is 3.87. The molecule has 0 bridgehead atoms. The van der Waals surface area contributed by atoms with Crippen LogP contribution >= 0.6 is 0 Å². The van der Waals surface area contributed by atoms with Crippen LogP contribution in [-0.2, 0) is 0 Å². The summed E-state index contributed by atoms with van der Waals surface area (Å²) in [6, 6.07) is 0. The van der Waals surface area contributed by atoms with Crippen molar-refractivity contribution >= 4 is 0 Å². The van der Waals surface area contributed by atoms with E-state index in [-0.39, 0.29) is 0 Å². The Morgan fingerprint density at radius 3 is 1.90 bits per heavy atom. The van der Waals surface area contributed by atoms with Gasteiger partial charge in [0, 0.05) is 0 Å². The molecule has 0 nitrogen and oxygen atoms in total.